The fourth-order valence-electron chi connectivity index (χ4n) is 1.69. The van der Waals surface area contributed by atoms with Crippen molar-refractivity contribution in [1.82, 2.24) is 4.98 Å². The first-order chi connectivity index (χ1) is 8.30. The molecule has 0 radical (unpaired) electrons. The Morgan fingerprint density at radius 2 is 2.11 bits per heavy atom. The van der Waals surface area contributed by atoms with Crippen LogP contribution in [-0.4, -0.2) is 31.1 Å². The minimum Gasteiger partial charge on any atom is -0.308 e. The smallest absolute Gasteiger partial charge is 0.237 e. The zero-order valence-electron chi connectivity index (χ0n) is 8.81. The Kier molecular flexibility index (Phi) is 3.87. The molecule has 2 rings (SSSR count). The van der Waals surface area contributed by atoms with Crippen molar-refractivity contribution < 1.29 is 13.2 Å². The Bertz CT molecular complexity index is 608. The van der Waals surface area contributed by atoms with E-state index in [1.807, 2.05) is 0 Å². The van der Waals surface area contributed by atoms with Crippen molar-refractivity contribution in [2.75, 3.05) is 11.4 Å². The fraction of sp³-hybridized carbons (Fsp3) is 0.333. The van der Waals surface area contributed by atoms with Gasteiger partial charge >= 0.3 is 0 Å². The van der Waals surface area contributed by atoms with Crippen molar-refractivity contribution in [3.8, 4) is 0 Å². The molecule has 0 spiro atoms. The van der Waals surface area contributed by atoms with E-state index in [4.69, 9.17) is 22.3 Å². The first-order valence-corrected chi connectivity index (χ1v) is 8.38. The van der Waals surface area contributed by atoms with E-state index in [-0.39, 0.29) is 18.9 Å². The maximum absolute atomic E-state index is 11.8. The van der Waals surface area contributed by atoms with Gasteiger partial charge < -0.3 is 4.90 Å². The Hall–Kier alpha value is -0.370. The number of pyridine rings is 1. The number of nitrogens with zero attached hydrogens (tertiary/aromatic N) is 2. The molecular formula is C9H7BrCl2N2O3S. The maximum Gasteiger partial charge on any atom is 0.237 e. The molecule has 0 saturated carbocycles. The number of amides is 1. The van der Waals surface area contributed by atoms with Crippen molar-refractivity contribution in [3.05, 3.63) is 21.9 Å². The van der Waals surface area contributed by atoms with Crippen LogP contribution in [-0.2, 0) is 13.8 Å². The SMILES string of the molecule is O=C1CC(S(=O)(=O)Cl)CN1c1cncc(Br)c1Cl. The van der Waals surface area contributed by atoms with E-state index < -0.39 is 14.3 Å². The van der Waals surface area contributed by atoms with E-state index >= 15 is 0 Å². The van der Waals surface area contributed by atoms with Gasteiger partial charge in [-0.05, 0) is 15.9 Å². The quantitative estimate of drug-likeness (QED) is 0.745. The predicted octanol–water partition coefficient (Wildman–Crippen LogP) is 2.17. The second-order valence-corrected chi connectivity index (χ2v) is 7.90. The third-order valence-corrected chi connectivity index (χ3v) is 5.69. The highest BCUT2D eigenvalue weighted by molar-refractivity contribution is 9.10. The summed E-state index contributed by atoms with van der Waals surface area (Å²) in [5.41, 5.74) is 0.374. The summed E-state index contributed by atoms with van der Waals surface area (Å²) in [7, 11) is 1.50. The first kappa shape index (κ1) is 14.0. The lowest BCUT2D eigenvalue weighted by Gasteiger charge is -2.17. The fourth-order valence-corrected chi connectivity index (χ4v) is 3.24. The zero-order valence-corrected chi connectivity index (χ0v) is 12.7. The number of aromatic nitrogens is 1. The molecule has 9 heteroatoms. The molecule has 1 aromatic heterocycles. The molecule has 1 aliphatic heterocycles. The van der Waals surface area contributed by atoms with Gasteiger partial charge in [0.2, 0.25) is 15.0 Å². The van der Waals surface area contributed by atoms with Crippen LogP contribution in [0.5, 0.6) is 0 Å². The molecule has 5 nitrogen and oxygen atoms in total. The summed E-state index contributed by atoms with van der Waals surface area (Å²) in [6, 6.07) is 0. The van der Waals surface area contributed by atoms with Crippen molar-refractivity contribution >= 4 is 58.9 Å². The molecule has 0 aliphatic carbocycles. The summed E-state index contributed by atoms with van der Waals surface area (Å²) in [6.45, 7) is -0.0114. The van der Waals surface area contributed by atoms with Gasteiger partial charge in [0.05, 0.1) is 21.4 Å². The lowest BCUT2D eigenvalue weighted by atomic mass is 10.4. The van der Waals surface area contributed by atoms with Crippen molar-refractivity contribution in [1.29, 1.82) is 0 Å². The molecule has 1 atom stereocenters. The molecule has 0 bridgehead atoms. The van der Waals surface area contributed by atoms with E-state index in [1.54, 1.807) is 0 Å². The molecule has 0 aromatic carbocycles. The molecule has 2 heterocycles. The monoisotopic (exact) mass is 372 g/mol. The van der Waals surface area contributed by atoms with Gasteiger partial charge in [-0.3, -0.25) is 9.78 Å². The van der Waals surface area contributed by atoms with Gasteiger partial charge in [-0.2, -0.15) is 0 Å². The van der Waals surface area contributed by atoms with Crippen LogP contribution in [0.1, 0.15) is 6.42 Å². The Morgan fingerprint density at radius 3 is 2.67 bits per heavy atom. The molecule has 1 amide bonds. The van der Waals surface area contributed by atoms with Crippen molar-refractivity contribution in [2.24, 2.45) is 0 Å². The average molecular weight is 374 g/mol. The predicted molar refractivity (Wildman–Crippen MR) is 72.5 cm³/mol. The van der Waals surface area contributed by atoms with Crippen LogP contribution in [0.25, 0.3) is 0 Å². The van der Waals surface area contributed by atoms with Crippen LogP contribution in [0.2, 0.25) is 5.02 Å². The topological polar surface area (TPSA) is 67.3 Å². The Labute approximate surface area is 122 Å². The summed E-state index contributed by atoms with van der Waals surface area (Å²) < 4.78 is 23.0. The van der Waals surface area contributed by atoms with E-state index in [1.165, 1.54) is 17.3 Å². The molecule has 98 valence electrons. The van der Waals surface area contributed by atoms with E-state index in [0.29, 0.717) is 15.2 Å². The summed E-state index contributed by atoms with van der Waals surface area (Å²) in [5.74, 6) is -0.342. The molecule has 18 heavy (non-hydrogen) atoms. The highest BCUT2D eigenvalue weighted by atomic mass is 79.9. The van der Waals surface area contributed by atoms with Crippen LogP contribution < -0.4 is 4.90 Å². The highest BCUT2D eigenvalue weighted by Crippen LogP contribution is 2.35. The third kappa shape index (κ3) is 2.64. The molecule has 1 aliphatic rings. The van der Waals surface area contributed by atoms with Gasteiger partial charge in [-0.15, -0.1) is 0 Å². The summed E-state index contributed by atoms with van der Waals surface area (Å²) in [5, 5.41) is -0.604. The Morgan fingerprint density at radius 1 is 1.44 bits per heavy atom. The largest absolute Gasteiger partial charge is 0.308 e. The number of anilines is 1. The van der Waals surface area contributed by atoms with Gasteiger partial charge in [0.25, 0.3) is 0 Å². The van der Waals surface area contributed by atoms with E-state index in [9.17, 15) is 13.2 Å². The van der Waals surface area contributed by atoms with E-state index in [0.717, 1.165) is 0 Å². The number of hydrogen-bond acceptors (Lipinski definition) is 4. The third-order valence-electron chi connectivity index (χ3n) is 2.60. The van der Waals surface area contributed by atoms with Crippen molar-refractivity contribution in [3.63, 3.8) is 0 Å². The second-order valence-electron chi connectivity index (χ2n) is 3.76. The number of carbonyl (C=O) groups excluding carboxylic acids is 1. The normalized spacial score (nSPS) is 20.5. The van der Waals surface area contributed by atoms with Gasteiger partial charge in [0.1, 0.15) is 5.25 Å². The standard InChI is InChI=1S/C9H7BrCl2N2O3S/c10-6-2-13-3-7(9(6)11)14-4-5(1-8(14)15)18(12,16)17/h2-3,5H,1,4H2. The lowest BCUT2D eigenvalue weighted by molar-refractivity contribution is -0.117. The molecular weight excluding hydrogens is 367 g/mol. The molecule has 1 fully saturated rings. The van der Waals surface area contributed by atoms with Crippen LogP contribution in [0.4, 0.5) is 5.69 Å². The highest BCUT2D eigenvalue weighted by Gasteiger charge is 2.38. The molecule has 1 saturated heterocycles. The molecule has 1 aromatic rings. The van der Waals surface area contributed by atoms with Gasteiger partial charge in [0.15, 0.2) is 0 Å². The van der Waals surface area contributed by atoms with E-state index in [2.05, 4.69) is 20.9 Å². The summed E-state index contributed by atoms with van der Waals surface area (Å²) in [6.07, 6.45) is 2.76. The number of hydrogen-bond donors (Lipinski definition) is 0. The van der Waals surface area contributed by atoms with Crippen LogP contribution in [0.3, 0.4) is 0 Å². The molecule has 0 N–H and O–H groups in total. The summed E-state index contributed by atoms with van der Waals surface area (Å²) in [4.78, 5) is 17.0. The Balaban J connectivity index is 2.36. The average Bonchev–Trinajstić information content (AvgIpc) is 2.64. The lowest BCUT2D eigenvalue weighted by Crippen LogP contribution is -2.27. The number of halogens is 3. The number of carbonyl (C=O) groups is 1. The minimum absolute atomic E-state index is 0.0114. The van der Waals surface area contributed by atoms with Crippen LogP contribution >= 0.6 is 38.2 Å². The van der Waals surface area contributed by atoms with Gasteiger partial charge in [-0.25, -0.2) is 8.42 Å². The first-order valence-electron chi connectivity index (χ1n) is 4.83. The number of rotatable bonds is 2. The maximum atomic E-state index is 11.8. The molecule has 1 unspecified atom stereocenters. The second kappa shape index (κ2) is 4.96. The van der Waals surface area contributed by atoms with Crippen molar-refractivity contribution in [2.45, 2.75) is 11.7 Å². The van der Waals surface area contributed by atoms with Crippen LogP contribution in [0.15, 0.2) is 16.9 Å². The zero-order chi connectivity index (χ0) is 13.5. The summed E-state index contributed by atoms with van der Waals surface area (Å²) >= 11 is 9.23. The van der Waals surface area contributed by atoms with Gasteiger partial charge in [-0.1, -0.05) is 11.6 Å². The van der Waals surface area contributed by atoms with Gasteiger partial charge in [0, 0.05) is 29.8 Å². The minimum atomic E-state index is -3.76. The van der Waals surface area contributed by atoms with Crippen LogP contribution in [0, 0.1) is 0 Å².